The van der Waals surface area contributed by atoms with Gasteiger partial charge in [0.1, 0.15) is 0 Å². The Hall–Kier alpha value is -1.63. The normalized spacial score (nSPS) is 12.1. The minimum Gasteiger partial charge on any atom is -0.310 e. The van der Waals surface area contributed by atoms with Crippen molar-refractivity contribution < 1.29 is 0 Å². The van der Waals surface area contributed by atoms with Gasteiger partial charge in [-0.15, -0.1) is 11.3 Å². The van der Waals surface area contributed by atoms with Gasteiger partial charge in [-0.25, -0.2) is 0 Å². The third-order valence-electron chi connectivity index (χ3n) is 3.01. The third-order valence-corrected chi connectivity index (χ3v) is 4.04. The van der Waals surface area contributed by atoms with Crippen molar-refractivity contribution in [3.8, 4) is 6.07 Å². The quantitative estimate of drug-likeness (QED) is 0.900. The Kier molecular flexibility index (Phi) is 4.73. The van der Waals surface area contributed by atoms with Crippen molar-refractivity contribution in [2.24, 2.45) is 0 Å². The summed E-state index contributed by atoms with van der Waals surface area (Å²) < 4.78 is 0. The summed E-state index contributed by atoms with van der Waals surface area (Å²) in [6.45, 7) is 5.14. The largest absolute Gasteiger partial charge is 0.310 e. The number of thiophene rings is 1. The van der Waals surface area contributed by atoms with Crippen LogP contribution in [0.25, 0.3) is 0 Å². The summed E-state index contributed by atoms with van der Waals surface area (Å²) in [6, 6.07) is 14.7. The molecule has 19 heavy (non-hydrogen) atoms. The van der Waals surface area contributed by atoms with E-state index in [9.17, 15) is 0 Å². The second kappa shape index (κ2) is 6.51. The van der Waals surface area contributed by atoms with E-state index in [1.807, 2.05) is 29.5 Å². The molecule has 1 heterocycles. The molecule has 1 aromatic heterocycles. The minimum absolute atomic E-state index is 0.434. The maximum atomic E-state index is 8.87. The molecule has 0 amide bonds. The molecule has 1 N–H and O–H groups in total. The second-order valence-electron chi connectivity index (χ2n) is 4.81. The Morgan fingerprint density at radius 3 is 2.84 bits per heavy atom. The molecule has 0 bridgehead atoms. The number of nitrogens with zero attached hydrogens (tertiary/aromatic N) is 1. The van der Waals surface area contributed by atoms with Crippen LogP contribution in [0.2, 0.25) is 0 Å². The highest BCUT2D eigenvalue weighted by Crippen LogP contribution is 2.16. The van der Waals surface area contributed by atoms with Crippen LogP contribution in [-0.2, 0) is 13.0 Å². The minimum atomic E-state index is 0.434. The second-order valence-corrected chi connectivity index (χ2v) is 6.18. The molecule has 0 spiro atoms. The average Bonchev–Trinajstić information content (AvgIpc) is 2.82. The molecule has 1 atom stereocenters. The van der Waals surface area contributed by atoms with Crippen LogP contribution in [0, 0.1) is 18.3 Å². The highest BCUT2D eigenvalue weighted by Gasteiger charge is 2.05. The van der Waals surface area contributed by atoms with Gasteiger partial charge < -0.3 is 5.32 Å². The monoisotopic (exact) mass is 270 g/mol. The lowest BCUT2D eigenvalue weighted by Crippen LogP contribution is -2.27. The number of benzene rings is 1. The van der Waals surface area contributed by atoms with Crippen molar-refractivity contribution in [2.45, 2.75) is 32.9 Å². The van der Waals surface area contributed by atoms with E-state index in [0.717, 1.165) is 24.1 Å². The fraction of sp³-hybridized carbons (Fsp3) is 0.312. The van der Waals surface area contributed by atoms with Gasteiger partial charge in [0.25, 0.3) is 0 Å². The standard InChI is InChI=1S/C16H18N2S/c1-12(8-16-7-6-13(2)19-16)18-11-15-5-3-4-14(9-15)10-17/h3-7,9,12,18H,8,11H2,1-2H3. The van der Waals surface area contributed by atoms with Crippen molar-refractivity contribution in [3.63, 3.8) is 0 Å². The first-order chi connectivity index (χ1) is 9.17. The van der Waals surface area contributed by atoms with Gasteiger partial charge in [-0.1, -0.05) is 12.1 Å². The molecule has 2 nitrogen and oxygen atoms in total. The topological polar surface area (TPSA) is 35.8 Å². The van der Waals surface area contributed by atoms with Crippen molar-refractivity contribution in [1.82, 2.24) is 5.32 Å². The Morgan fingerprint density at radius 2 is 2.16 bits per heavy atom. The Balaban J connectivity index is 1.86. The molecule has 0 aliphatic carbocycles. The lowest BCUT2D eigenvalue weighted by Gasteiger charge is -2.13. The van der Waals surface area contributed by atoms with E-state index in [4.69, 9.17) is 5.26 Å². The molecular weight excluding hydrogens is 252 g/mol. The molecule has 1 unspecified atom stereocenters. The van der Waals surface area contributed by atoms with E-state index in [0.29, 0.717) is 6.04 Å². The summed E-state index contributed by atoms with van der Waals surface area (Å²) >= 11 is 1.86. The first kappa shape index (κ1) is 13.8. The predicted molar refractivity (Wildman–Crippen MR) is 80.2 cm³/mol. The van der Waals surface area contributed by atoms with Gasteiger partial charge in [-0.2, -0.15) is 5.26 Å². The highest BCUT2D eigenvalue weighted by molar-refractivity contribution is 7.11. The van der Waals surface area contributed by atoms with Gasteiger partial charge in [0.15, 0.2) is 0 Å². The van der Waals surface area contributed by atoms with Crippen molar-refractivity contribution in [2.75, 3.05) is 0 Å². The molecule has 2 rings (SSSR count). The number of nitriles is 1. The first-order valence-electron chi connectivity index (χ1n) is 6.45. The molecule has 0 aliphatic rings. The van der Waals surface area contributed by atoms with Crippen LogP contribution in [0.4, 0.5) is 0 Å². The molecular formula is C16H18N2S. The molecule has 2 aromatic rings. The summed E-state index contributed by atoms with van der Waals surface area (Å²) in [7, 11) is 0. The van der Waals surface area contributed by atoms with Crippen LogP contribution < -0.4 is 5.32 Å². The fourth-order valence-electron chi connectivity index (χ4n) is 2.01. The number of hydrogen-bond acceptors (Lipinski definition) is 3. The van der Waals surface area contributed by atoms with Crippen LogP contribution >= 0.6 is 11.3 Å². The maximum absolute atomic E-state index is 8.87. The van der Waals surface area contributed by atoms with Gasteiger partial charge in [-0.05, 0) is 50.1 Å². The Morgan fingerprint density at radius 1 is 1.32 bits per heavy atom. The molecule has 0 saturated carbocycles. The summed E-state index contributed by atoms with van der Waals surface area (Å²) in [6.07, 6.45) is 1.05. The fourth-order valence-corrected chi connectivity index (χ4v) is 3.03. The van der Waals surface area contributed by atoms with Crippen molar-refractivity contribution in [1.29, 1.82) is 5.26 Å². The maximum Gasteiger partial charge on any atom is 0.0991 e. The molecule has 0 fully saturated rings. The van der Waals surface area contributed by atoms with E-state index in [2.05, 4.69) is 43.4 Å². The zero-order valence-corrected chi connectivity index (χ0v) is 12.1. The highest BCUT2D eigenvalue weighted by atomic mass is 32.1. The van der Waals surface area contributed by atoms with E-state index >= 15 is 0 Å². The molecule has 0 saturated heterocycles. The van der Waals surface area contributed by atoms with E-state index in [1.165, 1.54) is 9.75 Å². The Bertz CT molecular complexity index is 580. The summed E-state index contributed by atoms with van der Waals surface area (Å²) in [4.78, 5) is 2.78. The SMILES string of the molecule is Cc1ccc(CC(C)NCc2cccc(C#N)c2)s1. The summed E-state index contributed by atoms with van der Waals surface area (Å²) in [5.41, 5.74) is 1.88. The smallest absolute Gasteiger partial charge is 0.0991 e. The van der Waals surface area contributed by atoms with Crippen LogP contribution in [0.1, 0.15) is 27.8 Å². The predicted octanol–water partition coefficient (Wildman–Crippen LogP) is 3.65. The number of hydrogen-bond donors (Lipinski definition) is 1. The van der Waals surface area contributed by atoms with Crippen LogP contribution in [0.5, 0.6) is 0 Å². The zero-order chi connectivity index (χ0) is 13.7. The van der Waals surface area contributed by atoms with Gasteiger partial charge in [-0.3, -0.25) is 0 Å². The average molecular weight is 270 g/mol. The molecule has 0 aliphatic heterocycles. The van der Waals surface area contributed by atoms with E-state index < -0.39 is 0 Å². The summed E-state index contributed by atoms with van der Waals surface area (Å²) in [5, 5.41) is 12.4. The van der Waals surface area contributed by atoms with Gasteiger partial charge >= 0.3 is 0 Å². The molecule has 1 aromatic carbocycles. The lowest BCUT2D eigenvalue weighted by molar-refractivity contribution is 0.548. The summed E-state index contributed by atoms with van der Waals surface area (Å²) in [5.74, 6) is 0. The van der Waals surface area contributed by atoms with Crippen molar-refractivity contribution in [3.05, 3.63) is 57.3 Å². The molecule has 3 heteroatoms. The molecule has 98 valence electrons. The molecule has 0 radical (unpaired) electrons. The lowest BCUT2D eigenvalue weighted by atomic mass is 10.1. The van der Waals surface area contributed by atoms with Crippen LogP contribution in [0.15, 0.2) is 36.4 Å². The van der Waals surface area contributed by atoms with Crippen LogP contribution in [0.3, 0.4) is 0 Å². The van der Waals surface area contributed by atoms with E-state index in [-0.39, 0.29) is 0 Å². The van der Waals surface area contributed by atoms with Crippen LogP contribution in [-0.4, -0.2) is 6.04 Å². The Labute approximate surface area is 118 Å². The number of nitrogens with one attached hydrogen (secondary N) is 1. The van der Waals surface area contributed by atoms with Crippen molar-refractivity contribution >= 4 is 11.3 Å². The van der Waals surface area contributed by atoms with Gasteiger partial charge in [0.05, 0.1) is 11.6 Å². The first-order valence-corrected chi connectivity index (χ1v) is 7.27. The van der Waals surface area contributed by atoms with Gasteiger partial charge in [0.2, 0.25) is 0 Å². The number of rotatable bonds is 5. The third kappa shape index (κ3) is 4.20. The number of aryl methyl sites for hydroxylation is 1. The van der Waals surface area contributed by atoms with E-state index in [1.54, 1.807) is 0 Å². The van der Waals surface area contributed by atoms with Gasteiger partial charge in [0, 0.05) is 22.3 Å². The zero-order valence-electron chi connectivity index (χ0n) is 11.3.